The van der Waals surface area contributed by atoms with Gasteiger partial charge in [0.2, 0.25) is 5.91 Å². The smallest absolute Gasteiger partial charge is 0.241 e. The topological polar surface area (TPSA) is 75.9 Å². The molecule has 7 nitrogen and oxygen atoms in total. The lowest BCUT2D eigenvalue weighted by atomic mass is 10.2. The van der Waals surface area contributed by atoms with Crippen molar-refractivity contribution in [3.8, 4) is 0 Å². The van der Waals surface area contributed by atoms with Gasteiger partial charge in [-0.15, -0.1) is 5.10 Å². The third-order valence-corrected chi connectivity index (χ3v) is 4.28. The average molecular weight is 328 g/mol. The number of carbonyl (C=O) groups is 1. The predicted molar refractivity (Wildman–Crippen MR) is 91.3 cm³/mol. The highest BCUT2D eigenvalue weighted by Gasteiger charge is 2.29. The van der Waals surface area contributed by atoms with Crippen LogP contribution in [-0.4, -0.2) is 43.6 Å². The molecule has 1 aromatic carbocycles. The Labute approximate surface area is 142 Å². The number of hydrogen-bond acceptors (Lipinski definition) is 5. The van der Waals surface area contributed by atoms with Gasteiger partial charge in [-0.05, 0) is 55.3 Å². The zero-order valence-electron chi connectivity index (χ0n) is 14.2. The fourth-order valence-corrected chi connectivity index (χ4v) is 2.73. The van der Waals surface area contributed by atoms with Crippen molar-refractivity contribution >= 4 is 11.6 Å². The maximum absolute atomic E-state index is 12.6. The standard InChI is InChI=1S/C17H24N6O/c1-3-11-22(12-16-19-20-21-23(16)15-9-10-15)13(2)17(24)18-14-7-5-4-6-8-14/h4-8,13,15H,3,9-12H2,1-2H3,(H,18,24). The van der Waals surface area contributed by atoms with Gasteiger partial charge in [-0.1, -0.05) is 25.1 Å². The second-order valence-electron chi connectivity index (χ2n) is 6.27. The number of carbonyl (C=O) groups excluding carboxylic acids is 1. The van der Waals surface area contributed by atoms with Gasteiger partial charge in [0.25, 0.3) is 0 Å². The first-order valence-corrected chi connectivity index (χ1v) is 8.55. The molecule has 1 heterocycles. The molecule has 1 saturated carbocycles. The van der Waals surface area contributed by atoms with Crippen LogP contribution in [0.3, 0.4) is 0 Å². The highest BCUT2D eigenvalue weighted by atomic mass is 16.2. The van der Waals surface area contributed by atoms with Crippen LogP contribution in [0.25, 0.3) is 0 Å². The fraction of sp³-hybridized carbons (Fsp3) is 0.529. The highest BCUT2D eigenvalue weighted by molar-refractivity contribution is 5.94. The van der Waals surface area contributed by atoms with Crippen LogP contribution < -0.4 is 5.32 Å². The number of benzene rings is 1. The largest absolute Gasteiger partial charge is 0.325 e. The Balaban J connectivity index is 1.67. The molecule has 2 aromatic rings. The van der Waals surface area contributed by atoms with E-state index in [4.69, 9.17) is 0 Å². The van der Waals surface area contributed by atoms with Crippen LogP contribution >= 0.6 is 0 Å². The lowest BCUT2D eigenvalue weighted by molar-refractivity contribution is -0.121. The van der Waals surface area contributed by atoms with Crippen molar-refractivity contribution in [1.82, 2.24) is 25.1 Å². The molecule has 1 atom stereocenters. The molecule has 0 aliphatic heterocycles. The van der Waals surface area contributed by atoms with Gasteiger partial charge < -0.3 is 5.32 Å². The molecule has 0 saturated heterocycles. The molecule has 128 valence electrons. The predicted octanol–water partition coefficient (Wildman–Crippen LogP) is 2.25. The zero-order chi connectivity index (χ0) is 16.9. The molecular formula is C17H24N6O. The van der Waals surface area contributed by atoms with Crippen molar-refractivity contribution < 1.29 is 4.79 Å². The molecule has 3 rings (SSSR count). The molecule has 1 amide bonds. The third-order valence-electron chi connectivity index (χ3n) is 4.28. The Morgan fingerprint density at radius 3 is 2.79 bits per heavy atom. The Morgan fingerprint density at radius 2 is 2.12 bits per heavy atom. The van der Waals surface area contributed by atoms with Crippen LogP contribution in [0.4, 0.5) is 5.69 Å². The van der Waals surface area contributed by atoms with E-state index in [0.29, 0.717) is 12.6 Å². The summed E-state index contributed by atoms with van der Waals surface area (Å²) in [7, 11) is 0. The third kappa shape index (κ3) is 3.97. The first kappa shape index (κ1) is 16.6. The monoisotopic (exact) mass is 328 g/mol. The summed E-state index contributed by atoms with van der Waals surface area (Å²) in [5.41, 5.74) is 0.814. The van der Waals surface area contributed by atoms with Gasteiger partial charge in [0.1, 0.15) is 0 Å². The highest BCUT2D eigenvalue weighted by Crippen LogP contribution is 2.34. The van der Waals surface area contributed by atoms with Gasteiger partial charge in [0.05, 0.1) is 18.6 Å². The first-order valence-electron chi connectivity index (χ1n) is 8.55. The fourth-order valence-electron chi connectivity index (χ4n) is 2.73. The molecule has 1 N–H and O–H groups in total. The number of nitrogens with zero attached hydrogens (tertiary/aromatic N) is 5. The second kappa shape index (κ2) is 7.53. The average Bonchev–Trinajstić information content (AvgIpc) is 3.34. The van der Waals surface area contributed by atoms with Crippen molar-refractivity contribution in [2.75, 3.05) is 11.9 Å². The number of nitrogens with one attached hydrogen (secondary N) is 1. The summed E-state index contributed by atoms with van der Waals surface area (Å²) in [6.45, 7) is 5.44. The maximum atomic E-state index is 12.6. The lowest BCUT2D eigenvalue weighted by Gasteiger charge is -2.27. The van der Waals surface area contributed by atoms with Crippen LogP contribution in [0.15, 0.2) is 30.3 Å². The summed E-state index contributed by atoms with van der Waals surface area (Å²) >= 11 is 0. The van der Waals surface area contributed by atoms with E-state index < -0.39 is 0 Å². The summed E-state index contributed by atoms with van der Waals surface area (Å²) in [6.07, 6.45) is 3.24. The number of amides is 1. The van der Waals surface area contributed by atoms with E-state index >= 15 is 0 Å². The van der Waals surface area contributed by atoms with Crippen molar-refractivity contribution in [3.63, 3.8) is 0 Å². The van der Waals surface area contributed by atoms with Crippen LogP contribution in [-0.2, 0) is 11.3 Å². The summed E-state index contributed by atoms with van der Waals surface area (Å²) in [5, 5.41) is 15.0. The van der Waals surface area contributed by atoms with Crippen LogP contribution in [0, 0.1) is 0 Å². The summed E-state index contributed by atoms with van der Waals surface area (Å²) in [5.74, 6) is 0.824. The minimum atomic E-state index is -0.255. The number of rotatable bonds is 8. The summed E-state index contributed by atoms with van der Waals surface area (Å²) in [6, 6.07) is 9.72. The van der Waals surface area contributed by atoms with E-state index in [0.717, 1.165) is 37.3 Å². The zero-order valence-corrected chi connectivity index (χ0v) is 14.2. The number of anilines is 1. The lowest BCUT2D eigenvalue weighted by Crippen LogP contribution is -2.42. The molecule has 1 aliphatic rings. The van der Waals surface area contributed by atoms with Crippen LogP contribution in [0.5, 0.6) is 0 Å². The van der Waals surface area contributed by atoms with Crippen LogP contribution in [0.1, 0.15) is 45.0 Å². The van der Waals surface area contributed by atoms with Crippen molar-refractivity contribution in [1.29, 1.82) is 0 Å². The Hall–Kier alpha value is -2.28. The number of aromatic nitrogens is 4. The van der Waals surface area contributed by atoms with E-state index in [9.17, 15) is 4.79 Å². The van der Waals surface area contributed by atoms with Gasteiger partial charge in [0.15, 0.2) is 5.82 Å². The van der Waals surface area contributed by atoms with E-state index in [1.165, 1.54) is 0 Å². The van der Waals surface area contributed by atoms with E-state index in [2.05, 4.69) is 32.7 Å². The summed E-state index contributed by atoms with van der Waals surface area (Å²) < 4.78 is 1.91. The molecule has 0 bridgehead atoms. The van der Waals surface area contributed by atoms with E-state index in [-0.39, 0.29) is 11.9 Å². The van der Waals surface area contributed by atoms with Crippen molar-refractivity contribution in [2.24, 2.45) is 0 Å². The molecule has 1 aromatic heterocycles. The molecule has 24 heavy (non-hydrogen) atoms. The number of tetrazole rings is 1. The van der Waals surface area contributed by atoms with Crippen molar-refractivity contribution in [2.45, 2.75) is 51.7 Å². The molecule has 7 heteroatoms. The maximum Gasteiger partial charge on any atom is 0.241 e. The Morgan fingerprint density at radius 1 is 1.38 bits per heavy atom. The molecule has 1 fully saturated rings. The Bertz CT molecular complexity index is 667. The Kier molecular flexibility index (Phi) is 5.20. The van der Waals surface area contributed by atoms with Gasteiger partial charge >= 0.3 is 0 Å². The molecular weight excluding hydrogens is 304 g/mol. The first-order chi connectivity index (χ1) is 11.7. The van der Waals surface area contributed by atoms with Gasteiger partial charge in [-0.2, -0.15) is 0 Å². The molecule has 0 radical (unpaired) electrons. The normalized spacial score (nSPS) is 15.5. The number of hydrogen-bond donors (Lipinski definition) is 1. The molecule has 0 spiro atoms. The molecule has 1 unspecified atom stereocenters. The second-order valence-corrected chi connectivity index (χ2v) is 6.27. The minimum Gasteiger partial charge on any atom is -0.325 e. The van der Waals surface area contributed by atoms with E-state index in [1.807, 2.05) is 41.9 Å². The quantitative estimate of drug-likeness (QED) is 0.804. The van der Waals surface area contributed by atoms with Crippen LogP contribution in [0.2, 0.25) is 0 Å². The van der Waals surface area contributed by atoms with E-state index in [1.54, 1.807) is 0 Å². The minimum absolute atomic E-state index is 0.0138. The SMILES string of the molecule is CCCN(Cc1nnnn1C1CC1)C(C)C(=O)Nc1ccccc1. The summed E-state index contributed by atoms with van der Waals surface area (Å²) in [4.78, 5) is 14.7. The molecule has 1 aliphatic carbocycles. The van der Waals surface area contributed by atoms with Gasteiger partial charge in [-0.3, -0.25) is 9.69 Å². The van der Waals surface area contributed by atoms with Crippen molar-refractivity contribution in [3.05, 3.63) is 36.2 Å². The van der Waals surface area contributed by atoms with Gasteiger partial charge in [-0.25, -0.2) is 4.68 Å². The van der Waals surface area contributed by atoms with Gasteiger partial charge in [0, 0.05) is 5.69 Å². The number of para-hydroxylation sites is 1.